The molecule has 1 atom stereocenters. The Morgan fingerprint density at radius 3 is 2.61 bits per heavy atom. The first-order valence-electron chi connectivity index (χ1n) is 8.42. The van der Waals surface area contributed by atoms with Gasteiger partial charge in [0.25, 0.3) is 5.91 Å². The molecule has 0 radical (unpaired) electrons. The summed E-state index contributed by atoms with van der Waals surface area (Å²) in [4.78, 5) is 24.3. The Hall–Kier alpha value is -3.00. The number of ether oxygens (including phenoxy) is 3. The van der Waals surface area contributed by atoms with Gasteiger partial charge in [0.05, 0.1) is 19.2 Å². The van der Waals surface area contributed by atoms with Crippen LogP contribution in [0, 0.1) is 6.92 Å². The monoisotopic (exact) mass is 408 g/mol. The van der Waals surface area contributed by atoms with Crippen LogP contribution in [0.15, 0.2) is 28.8 Å². The van der Waals surface area contributed by atoms with Crippen LogP contribution in [0.25, 0.3) is 6.08 Å². The van der Waals surface area contributed by atoms with Crippen molar-refractivity contribution in [1.82, 2.24) is 5.16 Å². The summed E-state index contributed by atoms with van der Waals surface area (Å²) in [5.41, 5.74) is 0.607. The molecule has 1 N–H and O–H groups in total. The number of nitrogens with one attached hydrogen (secondary N) is 1. The van der Waals surface area contributed by atoms with Gasteiger partial charge in [-0.2, -0.15) is 0 Å². The van der Waals surface area contributed by atoms with E-state index in [2.05, 4.69) is 10.5 Å². The van der Waals surface area contributed by atoms with E-state index in [-0.39, 0.29) is 5.82 Å². The van der Waals surface area contributed by atoms with Crippen molar-refractivity contribution in [3.05, 3.63) is 40.6 Å². The topological polar surface area (TPSA) is 99.9 Å². The Labute approximate surface area is 167 Å². The van der Waals surface area contributed by atoms with Crippen molar-refractivity contribution in [1.29, 1.82) is 0 Å². The molecule has 0 saturated carbocycles. The van der Waals surface area contributed by atoms with Crippen LogP contribution in [-0.2, 0) is 14.3 Å². The molecule has 1 aromatic heterocycles. The number of anilines is 1. The lowest BCUT2D eigenvalue weighted by Gasteiger charge is -2.13. The first-order chi connectivity index (χ1) is 13.4. The quantitative estimate of drug-likeness (QED) is 0.525. The number of esters is 1. The minimum atomic E-state index is -0.969. The van der Waals surface area contributed by atoms with Gasteiger partial charge in [0, 0.05) is 12.1 Å². The van der Waals surface area contributed by atoms with Crippen LogP contribution in [0.4, 0.5) is 5.82 Å². The van der Waals surface area contributed by atoms with Gasteiger partial charge < -0.3 is 24.1 Å². The van der Waals surface area contributed by atoms with Crippen LogP contribution < -0.4 is 14.8 Å². The molecule has 28 heavy (non-hydrogen) atoms. The van der Waals surface area contributed by atoms with E-state index >= 15 is 0 Å². The van der Waals surface area contributed by atoms with E-state index in [9.17, 15) is 9.59 Å². The lowest BCUT2D eigenvalue weighted by atomic mass is 10.2. The molecule has 0 spiro atoms. The second-order valence-electron chi connectivity index (χ2n) is 5.72. The van der Waals surface area contributed by atoms with E-state index in [1.807, 2.05) is 0 Å². The molecule has 1 aromatic carbocycles. The minimum absolute atomic E-state index is 0.257. The smallest absolute Gasteiger partial charge is 0.331 e. The summed E-state index contributed by atoms with van der Waals surface area (Å²) in [6.45, 7) is 3.43. The number of methoxy groups -OCH3 is 2. The average Bonchev–Trinajstić information content (AvgIpc) is 3.08. The standard InChI is InChI=1S/C19H21ClN2O6/c1-5-14(19(24)21-16-8-11(2)28-22-16)27-17(23)7-6-12-9-13(20)18(26-4)15(10-12)25-3/h6-10,14H,5H2,1-4H3,(H,21,22,24)/b7-6+. The molecular formula is C19H21ClN2O6. The lowest BCUT2D eigenvalue weighted by Crippen LogP contribution is -2.31. The zero-order valence-corrected chi connectivity index (χ0v) is 16.7. The zero-order chi connectivity index (χ0) is 20.7. The van der Waals surface area contributed by atoms with E-state index in [1.54, 1.807) is 32.0 Å². The molecule has 1 unspecified atom stereocenters. The zero-order valence-electron chi connectivity index (χ0n) is 15.9. The molecule has 2 aromatic rings. The van der Waals surface area contributed by atoms with Gasteiger partial charge in [0.15, 0.2) is 23.4 Å². The van der Waals surface area contributed by atoms with Crippen molar-refractivity contribution in [2.45, 2.75) is 26.4 Å². The minimum Gasteiger partial charge on any atom is -0.493 e. The summed E-state index contributed by atoms with van der Waals surface area (Å²) < 4.78 is 20.5. The molecule has 0 saturated heterocycles. The Kier molecular flexibility index (Phi) is 7.45. The number of amides is 1. The maximum Gasteiger partial charge on any atom is 0.331 e. The van der Waals surface area contributed by atoms with Crippen molar-refractivity contribution >= 4 is 35.4 Å². The third-order valence-corrected chi connectivity index (χ3v) is 3.95. The lowest BCUT2D eigenvalue weighted by molar-refractivity contribution is -0.149. The highest BCUT2D eigenvalue weighted by Gasteiger charge is 2.21. The first-order valence-corrected chi connectivity index (χ1v) is 8.80. The van der Waals surface area contributed by atoms with E-state index in [0.717, 1.165) is 0 Å². The van der Waals surface area contributed by atoms with Crippen molar-refractivity contribution in [2.75, 3.05) is 19.5 Å². The van der Waals surface area contributed by atoms with Crippen LogP contribution in [-0.4, -0.2) is 37.4 Å². The fourth-order valence-electron chi connectivity index (χ4n) is 2.33. The van der Waals surface area contributed by atoms with Crippen molar-refractivity contribution in [3.8, 4) is 11.5 Å². The predicted octanol–water partition coefficient (Wildman–Crippen LogP) is 3.63. The molecule has 9 heteroatoms. The number of benzene rings is 1. The van der Waals surface area contributed by atoms with E-state index in [0.29, 0.717) is 34.3 Å². The van der Waals surface area contributed by atoms with Crippen LogP contribution >= 0.6 is 11.6 Å². The summed E-state index contributed by atoms with van der Waals surface area (Å²) in [5.74, 6) is 0.465. The van der Waals surface area contributed by atoms with E-state index < -0.39 is 18.0 Å². The molecule has 0 aliphatic heterocycles. The van der Waals surface area contributed by atoms with Gasteiger partial charge in [-0.3, -0.25) is 4.79 Å². The first kappa shape index (κ1) is 21.3. The van der Waals surface area contributed by atoms with Crippen LogP contribution in [0.2, 0.25) is 5.02 Å². The van der Waals surface area contributed by atoms with Crippen LogP contribution in [0.1, 0.15) is 24.7 Å². The molecule has 150 valence electrons. The summed E-state index contributed by atoms with van der Waals surface area (Å²) in [6.07, 6.45) is 2.03. The molecule has 0 aliphatic carbocycles. The highest BCUT2D eigenvalue weighted by Crippen LogP contribution is 2.36. The van der Waals surface area contributed by atoms with Crippen LogP contribution in [0.3, 0.4) is 0 Å². The second kappa shape index (κ2) is 9.80. The molecular weight excluding hydrogens is 388 g/mol. The summed E-state index contributed by atoms with van der Waals surface area (Å²) in [7, 11) is 2.96. The normalized spacial score (nSPS) is 11.9. The maximum atomic E-state index is 12.2. The molecule has 0 bridgehead atoms. The molecule has 8 nitrogen and oxygen atoms in total. The largest absolute Gasteiger partial charge is 0.493 e. The predicted molar refractivity (Wildman–Crippen MR) is 104 cm³/mol. The molecule has 0 aliphatic rings. The van der Waals surface area contributed by atoms with Gasteiger partial charge in [-0.1, -0.05) is 23.7 Å². The molecule has 2 rings (SSSR count). The van der Waals surface area contributed by atoms with E-state index in [1.165, 1.54) is 26.4 Å². The SMILES string of the molecule is CCC(OC(=O)/C=C/c1cc(Cl)c(OC)c(OC)c1)C(=O)Nc1cc(C)on1. The summed E-state index contributed by atoms with van der Waals surface area (Å²) >= 11 is 6.13. The summed E-state index contributed by atoms with van der Waals surface area (Å²) in [5, 5.41) is 6.54. The molecule has 1 amide bonds. The van der Waals surface area contributed by atoms with Gasteiger partial charge in [-0.05, 0) is 37.1 Å². The molecule has 0 fully saturated rings. The number of rotatable bonds is 8. The number of carbonyl (C=O) groups is 2. The fourth-order valence-corrected chi connectivity index (χ4v) is 2.63. The number of hydrogen-bond donors (Lipinski definition) is 1. The second-order valence-corrected chi connectivity index (χ2v) is 6.12. The Balaban J connectivity index is 2.03. The Morgan fingerprint density at radius 1 is 1.29 bits per heavy atom. The highest BCUT2D eigenvalue weighted by molar-refractivity contribution is 6.32. The van der Waals surface area contributed by atoms with Crippen LogP contribution in [0.5, 0.6) is 11.5 Å². The van der Waals surface area contributed by atoms with Crippen molar-refractivity contribution < 1.29 is 28.3 Å². The summed E-state index contributed by atoms with van der Waals surface area (Å²) in [6, 6.07) is 4.84. The number of aryl methyl sites for hydroxylation is 1. The molecule has 1 heterocycles. The highest BCUT2D eigenvalue weighted by atomic mass is 35.5. The maximum absolute atomic E-state index is 12.2. The Bertz CT molecular complexity index is 877. The third kappa shape index (κ3) is 5.50. The number of halogens is 1. The fraction of sp³-hybridized carbons (Fsp3) is 0.316. The number of nitrogens with zero attached hydrogens (tertiary/aromatic N) is 1. The van der Waals surface area contributed by atoms with Gasteiger partial charge >= 0.3 is 5.97 Å². The number of carbonyl (C=O) groups excluding carboxylic acids is 2. The van der Waals surface area contributed by atoms with Crippen molar-refractivity contribution in [3.63, 3.8) is 0 Å². The third-order valence-electron chi connectivity index (χ3n) is 3.67. The van der Waals surface area contributed by atoms with Gasteiger partial charge in [-0.25, -0.2) is 4.79 Å². The van der Waals surface area contributed by atoms with Gasteiger partial charge in [-0.15, -0.1) is 0 Å². The average molecular weight is 409 g/mol. The Morgan fingerprint density at radius 2 is 2.04 bits per heavy atom. The van der Waals surface area contributed by atoms with Gasteiger partial charge in [0.2, 0.25) is 0 Å². The number of aromatic nitrogens is 1. The van der Waals surface area contributed by atoms with Gasteiger partial charge in [0.1, 0.15) is 5.76 Å². The van der Waals surface area contributed by atoms with E-state index in [4.69, 9.17) is 30.3 Å². The van der Waals surface area contributed by atoms with Crippen molar-refractivity contribution in [2.24, 2.45) is 0 Å². The number of hydrogen-bond acceptors (Lipinski definition) is 7.